The predicted molar refractivity (Wildman–Crippen MR) is 93.3 cm³/mol. The van der Waals surface area contributed by atoms with Gasteiger partial charge in [-0.2, -0.15) is 5.26 Å². The van der Waals surface area contributed by atoms with E-state index in [2.05, 4.69) is 16.2 Å². The van der Waals surface area contributed by atoms with E-state index in [1.54, 1.807) is 17.3 Å². The van der Waals surface area contributed by atoms with Gasteiger partial charge in [-0.15, -0.1) is 0 Å². The molecule has 4 rings (SSSR count). The molecule has 2 aromatic rings. The van der Waals surface area contributed by atoms with Crippen molar-refractivity contribution in [2.45, 2.75) is 25.3 Å². The van der Waals surface area contributed by atoms with E-state index in [0.29, 0.717) is 13.1 Å². The number of nitrogens with two attached hydrogens (primary N) is 1. The molecule has 2 aliphatic heterocycles. The molecule has 0 saturated carbocycles. The number of aromatic nitrogens is 2. The molecule has 3 heterocycles. The first-order valence-corrected chi connectivity index (χ1v) is 8.36. The molecule has 25 heavy (non-hydrogen) atoms. The second kappa shape index (κ2) is 6.06. The Kier molecular flexibility index (Phi) is 3.73. The first-order chi connectivity index (χ1) is 12.2. The van der Waals surface area contributed by atoms with Gasteiger partial charge in [0.1, 0.15) is 6.04 Å². The van der Waals surface area contributed by atoms with Crippen LogP contribution in [0.3, 0.4) is 0 Å². The van der Waals surface area contributed by atoms with E-state index in [0.717, 1.165) is 41.6 Å². The number of amides is 1. The number of nitriles is 1. The number of carbonyl (C=O) groups excluding carboxylic acids is 1. The van der Waals surface area contributed by atoms with Crippen molar-refractivity contribution in [1.29, 1.82) is 5.26 Å². The van der Waals surface area contributed by atoms with Gasteiger partial charge in [-0.1, -0.05) is 12.1 Å². The lowest BCUT2D eigenvalue weighted by atomic mass is 10.00. The Labute approximate surface area is 145 Å². The van der Waals surface area contributed by atoms with Crippen molar-refractivity contribution in [3.05, 3.63) is 36.2 Å². The number of hydrogen-bond donors (Lipinski definition) is 1. The largest absolute Gasteiger partial charge is 0.368 e. The number of anilines is 2. The third-order valence-electron chi connectivity index (χ3n) is 4.94. The first kappa shape index (κ1) is 15.4. The highest BCUT2D eigenvalue weighted by Crippen LogP contribution is 2.37. The molecule has 1 aromatic carbocycles. The number of carbonyl (C=O) groups is 1. The lowest BCUT2D eigenvalue weighted by Gasteiger charge is -2.25. The summed E-state index contributed by atoms with van der Waals surface area (Å²) in [6, 6.07) is 5.58. The monoisotopic (exact) mass is 334 g/mol. The zero-order valence-corrected chi connectivity index (χ0v) is 13.7. The quantitative estimate of drug-likeness (QED) is 0.837. The van der Waals surface area contributed by atoms with E-state index >= 15 is 0 Å². The second-order valence-corrected chi connectivity index (χ2v) is 6.32. The fourth-order valence-electron chi connectivity index (χ4n) is 3.73. The molecular weight excluding hydrogens is 316 g/mol. The van der Waals surface area contributed by atoms with Crippen LogP contribution in [0.1, 0.15) is 18.4 Å². The van der Waals surface area contributed by atoms with E-state index in [-0.39, 0.29) is 17.9 Å². The summed E-state index contributed by atoms with van der Waals surface area (Å²) in [5.41, 5.74) is 9.52. The zero-order valence-electron chi connectivity index (χ0n) is 13.7. The molecule has 1 fully saturated rings. The van der Waals surface area contributed by atoms with Crippen LogP contribution >= 0.6 is 0 Å². The number of hydrogen-bond acceptors (Lipinski definition) is 6. The maximum absolute atomic E-state index is 13.0. The van der Waals surface area contributed by atoms with Crippen LogP contribution in [-0.4, -0.2) is 39.9 Å². The maximum Gasteiger partial charge on any atom is 0.250 e. The first-order valence-electron chi connectivity index (χ1n) is 8.36. The third-order valence-corrected chi connectivity index (χ3v) is 4.94. The van der Waals surface area contributed by atoms with Crippen molar-refractivity contribution >= 4 is 17.5 Å². The van der Waals surface area contributed by atoms with Crippen LogP contribution in [0.2, 0.25) is 0 Å². The van der Waals surface area contributed by atoms with Gasteiger partial charge in [0.05, 0.1) is 0 Å². The minimum Gasteiger partial charge on any atom is -0.368 e. The van der Waals surface area contributed by atoms with Crippen molar-refractivity contribution < 1.29 is 4.79 Å². The van der Waals surface area contributed by atoms with Crippen molar-refractivity contribution in [3.63, 3.8) is 0 Å². The molecule has 2 N–H and O–H groups in total. The van der Waals surface area contributed by atoms with Crippen LogP contribution in [0.25, 0.3) is 11.1 Å². The summed E-state index contributed by atoms with van der Waals surface area (Å²) in [5, 5.41) is 9.22. The van der Waals surface area contributed by atoms with Gasteiger partial charge in [0.15, 0.2) is 6.19 Å². The Morgan fingerprint density at radius 2 is 2.08 bits per heavy atom. The normalized spacial score (nSPS) is 18.9. The molecule has 7 nitrogen and oxygen atoms in total. The molecular formula is C18H18N6O. The predicted octanol–water partition coefficient (Wildman–Crippen LogP) is 1.56. The highest BCUT2D eigenvalue weighted by atomic mass is 16.2. The molecule has 0 radical (unpaired) electrons. The summed E-state index contributed by atoms with van der Waals surface area (Å²) in [6.45, 7) is 1.30. The number of fused-ring (bicyclic) bond motifs is 1. The fourth-order valence-corrected chi connectivity index (χ4v) is 3.73. The molecule has 126 valence electrons. The molecule has 0 unspecified atom stereocenters. The van der Waals surface area contributed by atoms with E-state index < -0.39 is 0 Å². The summed E-state index contributed by atoms with van der Waals surface area (Å²) < 4.78 is 0. The van der Waals surface area contributed by atoms with Crippen molar-refractivity contribution in [2.24, 2.45) is 0 Å². The smallest absolute Gasteiger partial charge is 0.250 e. The number of likely N-dealkylation sites (tertiary alicyclic amines) is 1. The number of rotatable bonds is 2. The van der Waals surface area contributed by atoms with E-state index in [1.165, 1.54) is 0 Å². The highest BCUT2D eigenvalue weighted by molar-refractivity contribution is 6.00. The molecule has 1 atom stereocenters. The number of nitrogens with zero attached hydrogens (tertiary/aromatic N) is 5. The summed E-state index contributed by atoms with van der Waals surface area (Å²) in [7, 11) is 0. The van der Waals surface area contributed by atoms with Gasteiger partial charge in [-0.25, -0.2) is 9.97 Å². The Hall–Kier alpha value is -3.14. The van der Waals surface area contributed by atoms with Crippen LogP contribution in [0, 0.1) is 11.5 Å². The minimum atomic E-state index is -0.334. The average Bonchev–Trinajstić information content (AvgIpc) is 3.28. The number of benzene rings is 1. The zero-order chi connectivity index (χ0) is 17.4. The van der Waals surface area contributed by atoms with Gasteiger partial charge in [-0.05, 0) is 36.5 Å². The Morgan fingerprint density at radius 3 is 2.84 bits per heavy atom. The van der Waals surface area contributed by atoms with Gasteiger partial charge < -0.3 is 10.6 Å². The molecule has 1 saturated heterocycles. The van der Waals surface area contributed by atoms with Crippen LogP contribution in [-0.2, 0) is 11.2 Å². The summed E-state index contributed by atoms with van der Waals surface area (Å²) in [5.74, 6) is 0.259. The van der Waals surface area contributed by atoms with Crippen molar-refractivity contribution in [1.82, 2.24) is 14.9 Å². The van der Waals surface area contributed by atoms with E-state index in [1.807, 2.05) is 23.1 Å². The van der Waals surface area contributed by atoms with E-state index in [9.17, 15) is 10.1 Å². The highest BCUT2D eigenvalue weighted by Gasteiger charge is 2.36. The third kappa shape index (κ3) is 2.56. The standard InChI is InChI=1S/C18H18N6O/c19-11-23-7-2-5-16(23)17(25)24-8-6-14-13(3-1-4-15(14)24)12-9-21-18(20)22-10-12/h1,3-4,9-10,16H,2,5-8H2,(H2,20,21,22)/t16-/m0/s1. The molecule has 0 bridgehead atoms. The van der Waals surface area contributed by atoms with Gasteiger partial charge in [0, 0.05) is 36.7 Å². The van der Waals surface area contributed by atoms with Crippen LogP contribution in [0.5, 0.6) is 0 Å². The molecule has 1 aromatic heterocycles. The van der Waals surface area contributed by atoms with Crippen LogP contribution in [0.4, 0.5) is 11.6 Å². The lowest BCUT2D eigenvalue weighted by Crippen LogP contribution is -2.43. The van der Waals surface area contributed by atoms with E-state index in [4.69, 9.17) is 5.73 Å². The summed E-state index contributed by atoms with van der Waals surface area (Å²) in [6.07, 6.45) is 7.95. The fraction of sp³-hybridized carbons (Fsp3) is 0.333. The van der Waals surface area contributed by atoms with Crippen LogP contribution < -0.4 is 10.6 Å². The Morgan fingerprint density at radius 1 is 1.28 bits per heavy atom. The van der Waals surface area contributed by atoms with Crippen molar-refractivity contribution in [3.8, 4) is 17.3 Å². The van der Waals surface area contributed by atoms with Gasteiger partial charge in [0.25, 0.3) is 0 Å². The van der Waals surface area contributed by atoms with Gasteiger partial charge in [0.2, 0.25) is 11.9 Å². The maximum atomic E-state index is 13.0. The van der Waals surface area contributed by atoms with Crippen LogP contribution in [0.15, 0.2) is 30.6 Å². The SMILES string of the molecule is N#CN1CCC[C@H]1C(=O)N1CCc2c(-c3cnc(N)nc3)cccc21. The molecule has 0 spiro atoms. The molecule has 2 aliphatic rings. The molecule has 1 amide bonds. The summed E-state index contributed by atoms with van der Waals surface area (Å²) in [4.78, 5) is 24.5. The lowest BCUT2D eigenvalue weighted by molar-refractivity contribution is -0.121. The number of nitrogen functional groups attached to an aromatic ring is 1. The Balaban J connectivity index is 1.67. The summed E-state index contributed by atoms with van der Waals surface area (Å²) >= 11 is 0. The topological polar surface area (TPSA) is 99.1 Å². The molecule has 0 aliphatic carbocycles. The average molecular weight is 334 g/mol. The minimum absolute atomic E-state index is 0.0171. The Bertz CT molecular complexity index is 857. The van der Waals surface area contributed by atoms with Gasteiger partial charge in [-0.3, -0.25) is 9.69 Å². The second-order valence-electron chi connectivity index (χ2n) is 6.32. The molecule has 7 heteroatoms. The van der Waals surface area contributed by atoms with Gasteiger partial charge >= 0.3 is 0 Å². The van der Waals surface area contributed by atoms with Crippen molar-refractivity contribution in [2.75, 3.05) is 23.7 Å².